The minimum absolute atomic E-state index is 0.0695. The zero-order valence-corrected chi connectivity index (χ0v) is 47.3. The molecule has 0 unspecified atom stereocenters. The predicted molar refractivity (Wildman–Crippen MR) is 309 cm³/mol. The number of hydrogen-bond donors (Lipinski definition) is 2. The van der Waals surface area contributed by atoms with Gasteiger partial charge in [-0.2, -0.15) is 0 Å². The van der Waals surface area contributed by atoms with Crippen molar-refractivity contribution in [2.75, 3.05) is 0 Å². The quantitative estimate of drug-likeness (QED) is 0.137. The molecule has 72 heavy (non-hydrogen) atoms. The summed E-state index contributed by atoms with van der Waals surface area (Å²) in [4.78, 5) is 7.13. The van der Waals surface area contributed by atoms with Gasteiger partial charge in [-0.25, -0.2) is 0 Å². The van der Waals surface area contributed by atoms with Crippen LogP contribution in [0.4, 0.5) is 0 Å². The fourth-order valence-electron chi connectivity index (χ4n) is 9.39. The topological polar surface area (TPSA) is 68.5 Å². The lowest BCUT2D eigenvalue weighted by molar-refractivity contribution is 0.00578. The summed E-state index contributed by atoms with van der Waals surface area (Å²) in [5.41, 5.74) is 10.5. The molecule has 2 aliphatic rings. The Bertz CT molecular complexity index is 3240. The lowest BCUT2D eigenvalue weighted by Gasteiger charge is -2.32. The van der Waals surface area contributed by atoms with Gasteiger partial charge in [0.25, 0.3) is 0 Å². The van der Waals surface area contributed by atoms with Gasteiger partial charge in [0.15, 0.2) is 0 Å². The summed E-state index contributed by atoms with van der Waals surface area (Å²) in [6, 6.07) is 41.0. The molecule has 0 spiro atoms. The minimum atomic E-state index is -0.414. The largest absolute Gasteiger partial charge is 0.512 e. The molecule has 2 fully saturated rings. The summed E-state index contributed by atoms with van der Waals surface area (Å²) in [5, 5.41) is 10.3. The second-order valence-corrected chi connectivity index (χ2v) is 26.6. The Morgan fingerprint density at radius 3 is 1.18 bits per heavy atom. The number of aromatic amines is 2. The molecule has 6 aromatic carbocycles. The van der Waals surface area contributed by atoms with E-state index < -0.39 is 7.12 Å². The van der Waals surface area contributed by atoms with Gasteiger partial charge in [0.2, 0.25) is 0 Å². The highest BCUT2D eigenvalue weighted by molar-refractivity contribution is 6.61. The van der Waals surface area contributed by atoms with E-state index in [-0.39, 0.29) is 44.1 Å². The van der Waals surface area contributed by atoms with Crippen molar-refractivity contribution in [3.05, 3.63) is 138 Å². The van der Waals surface area contributed by atoms with Crippen LogP contribution in [0.25, 0.3) is 65.6 Å². The number of rotatable bonds is 3. The van der Waals surface area contributed by atoms with Crippen molar-refractivity contribution in [1.29, 1.82) is 0 Å². The van der Waals surface area contributed by atoms with Crippen LogP contribution in [0.2, 0.25) is 0 Å². The summed E-state index contributed by atoms with van der Waals surface area (Å²) < 4.78 is 23.1. The Balaban J connectivity index is 0.000000169. The highest BCUT2D eigenvalue weighted by Crippen LogP contribution is 2.43. The van der Waals surface area contributed by atoms with Gasteiger partial charge in [0, 0.05) is 34.3 Å². The number of hydrogen-bond acceptors (Lipinski definition) is 4. The Kier molecular flexibility index (Phi) is 13.6. The first-order chi connectivity index (χ1) is 33.2. The minimum Gasteiger partial charge on any atom is -0.405 e. The van der Waals surface area contributed by atoms with E-state index in [0.29, 0.717) is 0 Å². The Morgan fingerprint density at radius 2 is 0.806 bits per heavy atom. The Hall–Kier alpha value is -5.11. The van der Waals surface area contributed by atoms with E-state index in [2.05, 4.69) is 230 Å². The third-order valence-electron chi connectivity index (χ3n) is 15.9. The second kappa shape index (κ2) is 18.4. The van der Waals surface area contributed by atoms with Gasteiger partial charge in [-0.15, -0.1) is 0 Å². The molecular formula is C64H81B2N2O4. The first kappa shape index (κ1) is 53.2. The average molecular weight is 964 g/mol. The monoisotopic (exact) mass is 964 g/mol. The van der Waals surface area contributed by atoms with E-state index in [1.807, 2.05) is 33.9 Å². The first-order valence-electron chi connectivity index (χ1n) is 26.1. The zero-order valence-electron chi connectivity index (χ0n) is 47.3. The number of H-pyrrole nitrogens is 2. The van der Waals surface area contributed by atoms with Crippen LogP contribution in [0.15, 0.2) is 115 Å². The van der Waals surface area contributed by atoms with E-state index in [1.165, 1.54) is 89.8 Å². The Morgan fingerprint density at radius 1 is 0.403 bits per heavy atom. The summed E-state index contributed by atoms with van der Waals surface area (Å²) in [6.45, 7) is 43.7. The SMILES string of the molecule is CC(C)(C)c1ccc2c(-c3ccc(B4OC(C)(C)C(C)(C)O4)[nH]3)c3cc(C(C)(C)C)ccc3cc2c1.CC(C)(C)c1ccc2c(-c3ccc[nH]3)c3cc(C(C)(C)C)ccc3cc2c1.CC1(C)O[B]OC1(C)C. The second-order valence-electron chi connectivity index (χ2n) is 26.6. The molecule has 8 aromatic rings. The van der Waals surface area contributed by atoms with Crippen molar-refractivity contribution < 1.29 is 18.6 Å². The molecule has 2 aliphatic heterocycles. The van der Waals surface area contributed by atoms with Crippen molar-refractivity contribution in [3.63, 3.8) is 0 Å². The smallest absolute Gasteiger partial charge is 0.405 e. The molecule has 6 nitrogen and oxygen atoms in total. The van der Waals surface area contributed by atoms with E-state index in [1.54, 1.807) is 0 Å². The van der Waals surface area contributed by atoms with Gasteiger partial charge >= 0.3 is 14.8 Å². The molecule has 2 aromatic heterocycles. The molecule has 2 N–H and O–H groups in total. The molecule has 377 valence electrons. The predicted octanol–water partition coefficient (Wildman–Crippen LogP) is 16.6. The van der Waals surface area contributed by atoms with E-state index in [0.717, 1.165) is 11.3 Å². The first-order valence-corrected chi connectivity index (χ1v) is 26.1. The van der Waals surface area contributed by atoms with Crippen molar-refractivity contribution in [3.8, 4) is 22.5 Å². The molecule has 10 rings (SSSR count). The molecule has 1 radical (unpaired) electrons. The van der Waals surface area contributed by atoms with Crippen LogP contribution in [-0.4, -0.2) is 47.2 Å². The molecule has 0 atom stereocenters. The van der Waals surface area contributed by atoms with Crippen LogP contribution in [0.1, 0.15) is 161 Å². The normalized spacial score (nSPS) is 17.5. The molecule has 8 heteroatoms. The fraction of sp³-hybridized carbons (Fsp3) is 0.438. The lowest BCUT2D eigenvalue weighted by atomic mass is 9.82. The van der Waals surface area contributed by atoms with Gasteiger partial charge in [-0.3, -0.25) is 0 Å². The van der Waals surface area contributed by atoms with Crippen LogP contribution in [0.5, 0.6) is 0 Å². The van der Waals surface area contributed by atoms with Gasteiger partial charge in [0.1, 0.15) is 0 Å². The van der Waals surface area contributed by atoms with E-state index >= 15 is 0 Å². The van der Waals surface area contributed by atoms with Gasteiger partial charge in [0.05, 0.1) is 22.4 Å². The maximum absolute atomic E-state index is 6.34. The third-order valence-corrected chi connectivity index (χ3v) is 15.9. The molecule has 0 aliphatic carbocycles. The van der Waals surface area contributed by atoms with Crippen LogP contribution >= 0.6 is 0 Å². The fourth-order valence-corrected chi connectivity index (χ4v) is 9.39. The summed E-state index contributed by atoms with van der Waals surface area (Å²) in [7, 11) is 1.00. The van der Waals surface area contributed by atoms with Crippen LogP contribution in [0.3, 0.4) is 0 Å². The summed E-state index contributed by atoms with van der Waals surface area (Å²) in [5.74, 6) is 0. The molecule has 2 saturated heterocycles. The number of benzene rings is 6. The highest BCUT2D eigenvalue weighted by atomic mass is 16.7. The highest BCUT2D eigenvalue weighted by Gasteiger charge is 2.52. The summed E-state index contributed by atoms with van der Waals surface area (Å²) in [6.07, 6.45) is 2.01. The molecule has 0 saturated carbocycles. The van der Waals surface area contributed by atoms with Gasteiger partial charge in [-0.1, -0.05) is 144 Å². The van der Waals surface area contributed by atoms with Gasteiger partial charge < -0.3 is 28.6 Å². The Labute approximate surface area is 432 Å². The average Bonchev–Trinajstić information content (AvgIpc) is 4.07. The van der Waals surface area contributed by atoms with Crippen LogP contribution in [-0.2, 0) is 40.3 Å². The third kappa shape index (κ3) is 10.5. The lowest BCUT2D eigenvalue weighted by Crippen LogP contribution is -2.41. The van der Waals surface area contributed by atoms with Crippen molar-refractivity contribution in [1.82, 2.24) is 9.97 Å². The number of nitrogens with one attached hydrogen (secondary N) is 2. The van der Waals surface area contributed by atoms with E-state index in [4.69, 9.17) is 18.6 Å². The maximum Gasteiger partial charge on any atom is 0.512 e. The number of aromatic nitrogens is 2. The molecule has 4 heterocycles. The molecular weight excluding hydrogens is 882 g/mol. The van der Waals surface area contributed by atoms with Crippen molar-refractivity contribution >= 4 is 63.5 Å². The standard InChI is InChI=1S/C32H40BNO2.C26H29N.C6H12BO2/c1-29(2,3)22-13-14-24-21(18-22)17-20-11-12-23(30(4,5)6)19-25(20)28(24)26-15-16-27(34-26)33-35-31(7,8)32(9,10)36-33;1-25(2,3)19-11-12-21-18(15-19)14-17-9-10-20(26(4,5)6)16-22(17)24(21)23-8-7-13-27-23;1-5(2)6(3,4)9-7-8-5/h11-19,34H,1-10H3;7-16,27H,1-6H3;1-4H3. The van der Waals surface area contributed by atoms with E-state index in [9.17, 15) is 0 Å². The zero-order chi connectivity index (χ0) is 52.8. The van der Waals surface area contributed by atoms with Gasteiger partial charge in [-0.05, 0) is 191 Å². The molecule has 0 bridgehead atoms. The molecule has 0 amide bonds. The van der Waals surface area contributed by atoms with Crippen LogP contribution in [0, 0.1) is 0 Å². The van der Waals surface area contributed by atoms with Crippen molar-refractivity contribution in [2.45, 2.75) is 183 Å². The van der Waals surface area contributed by atoms with Crippen LogP contribution < -0.4 is 5.59 Å². The van der Waals surface area contributed by atoms with Crippen molar-refractivity contribution in [2.24, 2.45) is 0 Å². The number of fused-ring (bicyclic) bond motifs is 4. The maximum atomic E-state index is 6.34. The summed E-state index contributed by atoms with van der Waals surface area (Å²) >= 11 is 0.